The summed E-state index contributed by atoms with van der Waals surface area (Å²) < 4.78 is 101. The molecular formula is C33H48F4O3. The third-order valence-electron chi connectivity index (χ3n) is 9.69. The van der Waals surface area contributed by atoms with E-state index < -0.39 is 55.2 Å². The summed E-state index contributed by atoms with van der Waals surface area (Å²) in [5.74, 6) is 4.52. The highest BCUT2D eigenvalue weighted by molar-refractivity contribution is 5.39. The number of halogens is 4. The molecule has 0 aromatic carbocycles. The number of rotatable bonds is 7. The fourth-order valence-corrected chi connectivity index (χ4v) is 7.44. The Balaban J connectivity index is 1.96. The Labute approximate surface area is 246 Å². The maximum atomic E-state index is 14.4. The average molecular weight is 575 g/mol. The fraction of sp³-hybridized carbons (Fsp3) is 0.758. The predicted octanol–water partition coefficient (Wildman–Crippen LogP) is 7.76. The van der Waals surface area contributed by atoms with Crippen molar-refractivity contribution in [1.29, 1.82) is 0 Å². The number of hydrogen-bond donors (Lipinski definition) is 3. The summed E-state index contributed by atoms with van der Waals surface area (Å²) in [6.07, 6.45) is 0.505. The monoisotopic (exact) mass is 574 g/mol. The summed E-state index contributed by atoms with van der Waals surface area (Å²) >= 11 is 0. The van der Waals surface area contributed by atoms with Gasteiger partial charge < -0.3 is 15.3 Å². The first-order chi connectivity index (χ1) is 20.8. The number of alkyl halides is 4. The van der Waals surface area contributed by atoms with Crippen molar-refractivity contribution in [2.75, 3.05) is 0 Å². The van der Waals surface area contributed by atoms with Gasteiger partial charge in [0.25, 0.3) is 0 Å². The zero-order valence-corrected chi connectivity index (χ0v) is 23.8. The van der Waals surface area contributed by atoms with Gasteiger partial charge in [0.1, 0.15) is 6.17 Å². The first-order valence-corrected chi connectivity index (χ1v) is 14.2. The van der Waals surface area contributed by atoms with Crippen LogP contribution in [0.15, 0.2) is 35.5 Å². The second-order valence-electron chi connectivity index (χ2n) is 13.0. The smallest absolute Gasteiger partial charge is 0.393 e. The molecule has 0 saturated heterocycles. The number of aliphatic hydroxyl groups is 3. The van der Waals surface area contributed by atoms with E-state index in [-0.39, 0.29) is 42.9 Å². The van der Waals surface area contributed by atoms with Crippen LogP contribution in [0.2, 0.25) is 0 Å². The topological polar surface area (TPSA) is 60.7 Å². The van der Waals surface area contributed by atoms with E-state index in [0.29, 0.717) is 30.9 Å². The van der Waals surface area contributed by atoms with Crippen LogP contribution in [0.25, 0.3) is 0 Å². The summed E-state index contributed by atoms with van der Waals surface area (Å²) in [6.45, 7) is 2.06. The molecule has 0 spiro atoms. The van der Waals surface area contributed by atoms with Gasteiger partial charge >= 0.3 is 6.18 Å². The van der Waals surface area contributed by atoms with Crippen LogP contribution in [0.3, 0.4) is 0 Å². The van der Waals surface area contributed by atoms with E-state index in [1.165, 1.54) is 0 Å². The molecule has 0 amide bonds. The van der Waals surface area contributed by atoms with Crippen LogP contribution in [0, 0.1) is 34.5 Å². The van der Waals surface area contributed by atoms with Crippen LogP contribution in [-0.2, 0) is 0 Å². The number of aliphatic hydroxyl groups excluding tert-OH is 1. The van der Waals surface area contributed by atoms with Gasteiger partial charge in [0.15, 0.2) is 0 Å². The first-order valence-electron chi connectivity index (χ1n) is 17.2. The Morgan fingerprint density at radius 2 is 1.85 bits per heavy atom. The molecule has 0 bridgehead atoms. The van der Waals surface area contributed by atoms with Crippen LogP contribution in [0.1, 0.15) is 113 Å². The van der Waals surface area contributed by atoms with Crippen LogP contribution in [0.4, 0.5) is 17.6 Å². The largest absolute Gasteiger partial charge is 0.428 e. The van der Waals surface area contributed by atoms with Crippen molar-refractivity contribution < 1.29 is 41.1 Å². The quantitative estimate of drug-likeness (QED) is 0.215. The number of allylic oxidation sites excluding steroid dienone is 4. The molecule has 7 heteroatoms. The maximum absolute atomic E-state index is 14.4. The molecule has 0 heterocycles. The van der Waals surface area contributed by atoms with Gasteiger partial charge in [-0.1, -0.05) is 56.4 Å². The molecule has 40 heavy (non-hydrogen) atoms. The van der Waals surface area contributed by atoms with Crippen LogP contribution < -0.4 is 0 Å². The average Bonchev–Trinajstić information content (AvgIpc) is 3.26. The SMILES string of the molecule is [2H]C([2H])([2H])C(O)(CCC[C@](C)(CC#CC(C)(O)C(F)(F)F)[C@H]1CCC2/C(=C/C=C3/C[C@@H](O)C[C@H](F)C3=C)CCC[C@@]21C)C([2H])([2H])[2H]. The second-order valence-corrected chi connectivity index (χ2v) is 13.0. The zero-order chi connectivity index (χ0) is 35.1. The van der Waals surface area contributed by atoms with Gasteiger partial charge in [-0.25, -0.2) is 4.39 Å². The predicted molar refractivity (Wildman–Crippen MR) is 151 cm³/mol. The van der Waals surface area contributed by atoms with Crippen molar-refractivity contribution in [2.24, 2.45) is 22.7 Å². The van der Waals surface area contributed by atoms with Gasteiger partial charge in [0.05, 0.1) is 11.7 Å². The Kier molecular flexibility index (Phi) is 7.44. The Morgan fingerprint density at radius 1 is 1.15 bits per heavy atom. The first kappa shape index (κ1) is 24.9. The Bertz CT molecular complexity index is 1240. The maximum Gasteiger partial charge on any atom is 0.428 e. The van der Waals surface area contributed by atoms with Crippen LogP contribution >= 0.6 is 0 Å². The van der Waals surface area contributed by atoms with E-state index in [0.717, 1.165) is 31.3 Å². The van der Waals surface area contributed by atoms with Gasteiger partial charge in [0, 0.05) is 21.1 Å². The highest BCUT2D eigenvalue weighted by Crippen LogP contribution is 2.63. The molecule has 0 aromatic rings. The van der Waals surface area contributed by atoms with E-state index in [4.69, 9.17) is 8.22 Å². The summed E-state index contributed by atoms with van der Waals surface area (Å²) in [5, 5.41) is 30.9. The molecule has 226 valence electrons. The third kappa shape index (κ3) is 7.41. The van der Waals surface area contributed by atoms with E-state index >= 15 is 0 Å². The van der Waals surface area contributed by atoms with Crippen molar-refractivity contribution in [3.8, 4) is 11.8 Å². The van der Waals surface area contributed by atoms with Crippen molar-refractivity contribution in [2.45, 2.75) is 135 Å². The summed E-state index contributed by atoms with van der Waals surface area (Å²) in [5.41, 5.74) is -5.16. The summed E-state index contributed by atoms with van der Waals surface area (Å²) in [4.78, 5) is 0. The Morgan fingerprint density at radius 3 is 2.50 bits per heavy atom. The van der Waals surface area contributed by atoms with Crippen molar-refractivity contribution >= 4 is 0 Å². The molecule has 0 radical (unpaired) electrons. The molecule has 7 atom stereocenters. The molecule has 3 nitrogen and oxygen atoms in total. The van der Waals surface area contributed by atoms with E-state index in [9.17, 15) is 32.9 Å². The van der Waals surface area contributed by atoms with Gasteiger partial charge in [-0.05, 0) is 106 Å². The lowest BCUT2D eigenvalue weighted by molar-refractivity contribution is -0.228. The lowest BCUT2D eigenvalue weighted by atomic mass is 9.55. The lowest BCUT2D eigenvalue weighted by Crippen LogP contribution is -2.42. The van der Waals surface area contributed by atoms with Crippen molar-refractivity contribution in [3.63, 3.8) is 0 Å². The van der Waals surface area contributed by atoms with Crippen LogP contribution in [-0.4, -0.2) is 45.0 Å². The minimum Gasteiger partial charge on any atom is -0.393 e. The van der Waals surface area contributed by atoms with Crippen molar-refractivity contribution in [1.82, 2.24) is 0 Å². The second kappa shape index (κ2) is 11.9. The van der Waals surface area contributed by atoms with E-state index in [1.807, 2.05) is 25.0 Å². The molecule has 0 aliphatic heterocycles. The highest BCUT2D eigenvalue weighted by Gasteiger charge is 2.55. The molecule has 3 fully saturated rings. The molecule has 3 aliphatic rings. The number of hydrogen-bond acceptors (Lipinski definition) is 3. The number of fused-ring (bicyclic) bond motifs is 1. The van der Waals surface area contributed by atoms with E-state index in [1.54, 1.807) is 0 Å². The van der Waals surface area contributed by atoms with Gasteiger partial charge in [-0.15, -0.1) is 0 Å². The Hall–Kier alpha value is -1.62. The lowest BCUT2D eigenvalue weighted by Gasteiger charge is -2.49. The van der Waals surface area contributed by atoms with E-state index in [2.05, 4.69) is 19.4 Å². The normalized spacial score (nSPS) is 37.5. The summed E-state index contributed by atoms with van der Waals surface area (Å²) in [7, 11) is 0. The van der Waals surface area contributed by atoms with Gasteiger partial charge in [-0.3, -0.25) is 0 Å². The highest BCUT2D eigenvalue weighted by atomic mass is 19.4. The fourth-order valence-electron chi connectivity index (χ4n) is 7.44. The third-order valence-corrected chi connectivity index (χ3v) is 9.69. The molecule has 3 aliphatic carbocycles. The molecule has 2 unspecified atom stereocenters. The van der Waals surface area contributed by atoms with Gasteiger partial charge in [-0.2, -0.15) is 13.2 Å². The molecular weight excluding hydrogens is 520 g/mol. The minimum absolute atomic E-state index is 0.0190. The molecule has 0 aromatic heterocycles. The van der Waals surface area contributed by atoms with Gasteiger partial charge in [0.2, 0.25) is 5.60 Å². The molecule has 3 N–H and O–H groups in total. The standard InChI is InChI=1S/C33H48F4O3/c1-22-24(20-25(38)21-27(22)34)12-11-23-10-7-18-31(5)26(23)13-14-28(31)30(4,16-8-15-29(2,3)39)17-9-19-32(6,40)33(35,36)37/h11-12,25-28,38-40H,1,7-8,10,13-18,20-21H2,2-6H3/b23-11+,24-12-/t25-,26?,27+,28-,30-,31+,32?/m1/s1/i2D3,3D3. The van der Waals surface area contributed by atoms with Crippen LogP contribution in [0.5, 0.6) is 0 Å². The minimum atomic E-state index is -4.98. The van der Waals surface area contributed by atoms with Crippen molar-refractivity contribution in [3.05, 3.63) is 35.5 Å². The molecule has 3 rings (SSSR count). The summed E-state index contributed by atoms with van der Waals surface area (Å²) in [6, 6.07) is 0. The molecule has 3 saturated carbocycles. The zero-order valence-electron chi connectivity index (χ0n) is 29.8.